The van der Waals surface area contributed by atoms with Gasteiger partial charge in [0.05, 0.1) is 35.9 Å². The van der Waals surface area contributed by atoms with Gasteiger partial charge in [-0.2, -0.15) is 0 Å². The molecule has 16 heteroatoms. The van der Waals surface area contributed by atoms with Crippen LogP contribution in [0.1, 0.15) is 84.9 Å². The summed E-state index contributed by atoms with van der Waals surface area (Å²) in [5.74, 6) is -6.33. The number of rotatable bonds is 7. The third kappa shape index (κ3) is 5.47. The molecule has 1 heterocycles. The highest BCUT2D eigenvalue weighted by Crippen LogP contribution is 2.57. The summed E-state index contributed by atoms with van der Waals surface area (Å²) in [4.78, 5) is 52.7. The van der Waals surface area contributed by atoms with Crippen molar-refractivity contribution < 1.29 is 69.1 Å². The number of ketones is 2. The molecular formula is C35H36N2O14. The number of hydrogen-bond donors (Lipinski definition) is 9. The molecule has 270 valence electrons. The van der Waals surface area contributed by atoms with Gasteiger partial charge in [0.2, 0.25) is 0 Å². The molecule has 0 saturated carbocycles. The Kier molecular flexibility index (Phi) is 9.03. The number of fused-ring (bicyclic) bond motifs is 5. The summed E-state index contributed by atoms with van der Waals surface area (Å²) >= 11 is 0. The van der Waals surface area contributed by atoms with Crippen LogP contribution in [0.5, 0.6) is 23.0 Å². The summed E-state index contributed by atoms with van der Waals surface area (Å²) < 4.78 is 17.1. The highest BCUT2D eigenvalue weighted by atomic mass is 16.7. The fraction of sp³-hybridized carbons (Fsp3) is 0.371. The third-order valence-corrected chi connectivity index (χ3v) is 9.70. The molecule has 9 N–H and O–H groups in total. The normalized spacial score (nSPS) is 25.6. The number of aliphatic hydroxyl groups excluding tert-OH is 3. The Labute approximate surface area is 289 Å². The fourth-order valence-corrected chi connectivity index (χ4v) is 7.10. The number of aryl methyl sites for hydroxylation is 1. The number of benzene rings is 3. The van der Waals surface area contributed by atoms with Gasteiger partial charge in [0, 0.05) is 28.3 Å². The van der Waals surface area contributed by atoms with E-state index in [4.69, 9.17) is 14.2 Å². The fourth-order valence-electron chi connectivity index (χ4n) is 7.10. The van der Waals surface area contributed by atoms with Crippen LogP contribution in [-0.2, 0) is 14.3 Å². The van der Waals surface area contributed by atoms with Crippen LogP contribution in [-0.4, -0.2) is 110 Å². The van der Waals surface area contributed by atoms with Gasteiger partial charge in [-0.1, -0.05) is 6.07 Å². The number of phenolic OH excluding ortho intramolecular Hbond substituents is 3. The maximum Gasteiger partial charge on any atom is 0.325 e. The number of carbonyl (C=O) groups is 4. The molecule has 2 aliphatic carbocycles. The van der Waals surface area contributed by atoms with Crippen molar-refractivity contribution in [1.29, 1.82) is 0 Å². The molecule has 0 bridgehead atoms. The zero-order chi connectivity index (χ0) is 37.4. The van der Waals surface area contributed by atoms with Crippen LogP contribution in [0, 0.1) is 6.92 Å². The molecule has 1 fully saturated rings. The number of ether oxygens (including phenoxy) is 3. The Hall–Kier alpha value is -5.10. The largest absolute Gasteiger partial charge is 0.507 e. The minimum Gasteiger partial charge on any atom is -0.507 e. The zero-order valence-electron chi connectivity index (χ0n) is 27.9. The first-order chi connectivity index (χ1) is 24.0. The van der Waals surface area contributed by atoms with Gasteiger partial charge in [-0.15, -0.1) is 0 Å². The van der Waals surface area contributed by atoms with Crippen molar-refractivity contribution in [3.05, 3.63) is 68.8 Å². The van der Waals surface area contributed by atoms with Gasteiger partial charge >= 0.3 is 5.97 Å². The number of carbonyl (C=O) groups excluding carboxylic acids is 3. The summed E-state index contributed by atoms with van der Waals surface area (Å²) in [7, 11) is 2.84. The molecule has 1 aliphatic heterocycles. The second-order valence-electron chi connectivity index (χ2n) is 12.8. The van der Waals surface area contributed by atoms with Crippen molar-refractivity contribution in [3.8, 4) is 34.1 Å². The molecule has 1 amide bonds. The standard InChI is InChI=1S/C35H36N2O14/c1-10-6-17-22(28(42)19(10)33(46)37-11(2)34(47)48)21-15(27(41)32(17)51-35-31(45)30(44)24(36-4)12(3)50-35)9-16-23(29(21)43)26(40)14-7-13(49-5)8-18(38)20(14)25(16)39/h6-9,11-12,24,27,30-32,35-36,38,41-45H,1-5H3,(H,37,46)(H,47,48)/t11-,12-,24+,27+,30+,31-,32+,35+/m1/s1. The second-order valence-corrected chi connectivity index (χ2v) is 12.8. The van der Waals surface area contributed by atoms with Crippen LogP contribution in [0.3, 0.4) is 0 Å². The van der Waals surface area contributed by atoms with E-state index in [2.05, 4.69) is 10.6 Å². The van der Waals surface area contributed by atoms with Crippen LogP contribution in [0.2, 0.25) is 0 Å². The van der Waals surface area contributed by atoms with Gasteiger partial charge in [-0.05, 0) is 56.6 Å². The highest BCUT2D eigenvalue weighted by Gasteiger charge is 2.48. The van der Waals surface area contributed by atoms with Crippen LogP contribution < -0.4 is 15.4 Å². The highest BCUT2D eigenvalue weighted by molar-refractivity contribution is 6.31. The topological polar surface area (TPSA) is 262 Å². The number of carboxylic acids is 1. The van der Waals surface area contributed by atoms with Gasteiger partial charge in [0.25, 0.3) is 5.91 Å². The first-order valence-corrected chi connectivity index (χ1v) is 15.9. The number of phenols is 3. The number of hydrogen-bond acceptors (Lipinski definition) is 14. The average Bonchev–Trinajstić information content (AvgIpc) is 3.07. The number of methoxy groups -OCH3 is 1. The lowest BCUT2D eigenvalue weighted by Gasteiger charge is -2.44. The molecule has 8 atom stereocenters. The SMILES string of the molecule is CN[C@@H]1[C@H](O)[C@@H](O)[C@H](O[C@H]2c3cc(C)c(C(=O)N[C@H](C)C(=O)O)c(O)c3-c3c(cc4c(c3O)C(=O)c3cc(OC)cc(O)c3C4=O)[C@@H]2O)O[C@@H]1C. The van der Waals surface area contributed by atoms with Gasteiger partial charge in [-0.25, -0.2) is 0 Å². The van der Waals surface area contributed by atoms with Crippen LogP contribution in [0.25, 0.3) is 11.1 Å². The Balaban J connectivity index is 1.58. The molecular weight excluding hydrogens is 672 g/mol. The molecule has 3 aromatic carbocycles. The monoisotopic (exact) mass is 708 g/mol. The van der Waals surface area contributed by atoms with E-state index in [0.29, 0.717) is 0 Å². The average molecular weight is 709 g/mol. The van der Waals surface area contributed by atoms with E-state index in [1.807, 2.05) is 0 Å². The molecule has 0 spiro atoms. The van der Waals surface area contributed by atoms with E-state index in [1.54, 1.807) is 14.0 Å². The maximum atomic E-state index is 13.9. The molecule has 0 unspecified atom stereocenters. The number of carboxylic acid groups (broad SMARTS) is 1. The summed E-state index contributed by atoms with van der Waals surface area (Å²) in [5, 5.41) is 82.5. The van der Waals surface area contributed by atoms with E-state index < -0.39 is 106 Å². The van der Waals surface area contributed by atoms with Crippen molar-refractivity contribution >= 4 is 23.4 Å². The quantitative estimate of drug-likeness (QED) is 0.129. The third-order valence-electron chi connectivity index (χ3n) is 9.70. The predicted molar refractivity (Wildman–Crippen MR) is 174 cm³/mol. The first-order valence-electron chi connectivity index (χ1n) is 15.9. The van der Waals surface area contributed by atoms with Crippen molar-refractivity contribution in [3.63, 3.8) is 0 Å². The molecule has 0 aromatic heterocycles. The Morgan fingerprint density at radius 3 is 2.14 bits per heavy atom. The number of amides is 1. The summed E-state index contributed by atoms with van der Waals surface area (Å²) in [5.41, 5.74) is -2.88. The first kappa shape index (κ1) is 35.7. The minimum atomic E-state index is -1.80. The molecule has 16 nitrogen and oxygen atoms in total. The van der Waals surface area contributed by atoms with Gasteiger partial charge in [-0.3, -0.25) is 19.2 Å². The minimum absolute atomic E-state index is 0.0426. The Morgan fingerprint density at radius 2 is 1.51 bits per heavy atom. The van der Waals surface area contributed by atoms with Gasteiger partial charge in [0.1, 0.15) is 53.5 Å². The molecule has 6 rings (SSSR count). The summed E-state index contributed by atoms with van der Waals surface area (Å²) in [6.07, 6.45) is -8.68. The maximum absolute atomic E-state index is 13.9. The molecule has 1 saturated heterocycles. The van der Waals surface area contributed by atoms with E-state index in [9.17, 15) is 54.9 Å². The number of likely N-dealkylation sites (N-methyl/N-ethyl adjacent to an activating group) is 1. The lowest BCUT2D eigenvalue weighted by Crippen LogP contribution is -2.61. The Morgan fingerprint density at radius 1 is 0.882 bits per heavy atom. The zero-order valence-corrected chi connectivity index (χ0v) is 27.9. The van der Waals surface area contributed by atoms with E-state index in [0.717, 1.165) is 12.1 Å². The van der Waals surface area contributed by atoms with Crippen LogP contribution in [0.4, 0.5) is 0 Å². The van der Waals surface area contributed by atoms with Crippen molar-refractivity contribution in [2.75, 3.05) is 14.2 Å². The number of aliphatic carboxylic acids is 1. The van der Waals surface area contributed by atoms with Gasteiger partial charge < -0.3 is 60.6 Å². The number of nitrogens with one attached hydrogen (secondary N) is 2. The molecule has 3 aliphatic rings. The number of aliphatic hydroxyl groups is 3. The van der Waals surface area contributed by atoms with Crippen LogP contribution >= 0.6 is 0 Å². The lowest BCUT2D eigenvalue weighted by atomic mass is 9.74. The van der Waals surface area contributed by atoms with Crippen LogP contribution in [0.15, 0.2) is 24.3 Å². The molecule has 0 radical (unpaired) electrons. The van der Waals surface area contributed by atoms with Crippen molar-refractivity contribution in [2.24, 2.45) is 0 Å². The molecule has 3 aromatic rings. The number of aromatic hydroxyl groups is 3. The van der Waals surface area contributed by atoms with Crippen molar-refractivity contribution in [1.82, 2.24) is 10.6 Å². The summed E-state index contributed by atoms with van der Waals surface area (Å²) in [6.45, 7) is 4.23. The van der Waals surface area contributed by atoms with Gasteiger partial charge in [0.15, 0.2) is 17.9 Å². The smallest absolute Gasteiger partial charge is 0.325 e. The molecule has 51 heavy (non-hydrogen) atoms. The summed E-state index contributed by atoms with van der Waals surface area (Å²) in [6, 6.07) is 2.69. The second kappa shape index (κ2) is 12.9. The van der Waals surface area contributed by atoms with Crippen molar-refractivity contribution in [2.45, 2.75) is 69.7 Å². The lowest BCUT2D eigenvalue weighted by molar-refractivity contribution is -0.295. The van der Waals surface area contributed by atoms with E-state index in [-0.39, 0.29) is 44.7 Å². The van der Waals surface area contributed by atoms with E-state index >= 15 is 0 Å². The predicted octanol–water partition coefficient (Wildman–Crippen LogP) is 0.925. The van der Waals surface area contributed by atoms with E-state index in [1.165, 1.54) is 33.1 Å². The Bertz CT molecular complexity index is 2010.